The van der Waals surface area contributed by atoms with Crippen LogP contribution >= 0.6 is 15.9 Å². The summed E-state index contributed by atoms with van der Waals surface area (Å²) >= 11 is 3.09. The van der Waals surface area contributed by atoms with Gasteiger partial charge in [-0.3, -0.25) is 5.43 Å². The molecule has 0 radical (unpaired) electrons. The fourth-order valence-corrected chi connectivity index (χ4v) is 1.45. The van der Waals surface area contributed by atoms with Crippen LogP contribution in [0.2, 0.25) is 0 Å². The van der Waals surface area contributed by atoms with Crippen LogP contribution in [0.3, 0.4) is 0 Å². The molecule has 0 aliphatic heterocycles. The van der Waals surface area contributed by atoms with Crippen LogP contribution in [0, 0.1) is 5.82 Å². The molecule has 0 aromatic heterocycles. The zero-order valence-corrected chi connectivity index (χ0v) is 10.1. The minimum absolute atomic E-state index is 0.326. The van der Waals surface area contributed by atoms with E-state index in [-0.39, 0.29) is 5.82 Å². The standard InChI is InChI=1S/C10H12BrFN4/c11-8-4-3-7(5-9(8)12)15-10(16-13)14-6-1-2-6/h3-6H,1-2,13H2,(H2,14,15,16). The smallest absolute Gasteiger partial charge is 0.210 e. The van der Waals surface area contributed by atoms with Gasteiger partial charge in [-0.2, -0.15) is 0 Å². The topological polar surface area (TPSA) is 62.4 Å². The third-order valence-corrected chi connectivity index (χ3v) is 2.82. The average molecular weight is 287 g/mol. The van der Waals surface area contributed by atoms with E-state index in [1.807, 2.05) is 0 Å². The van der Waals surface area contributed by atoms with Gasteiger partial charge in [0, 0.05) is 5.69 Å². The fourth-order valence-electron chi connectivity index (χ4n) is 1.20. The highest BCUT2D eigenvalue weighted by Gasteiger charge is 2.21. The molecular formula is C10H12BrFN4. The molecule has 0 unspecified atom stereocenters. The largest absolute Gasteiger partial charge is 0.325 e. The van der Waals surface area contributed by atoms with E-state index in [1.165, 1.54) is 6.07 Å². The van der Waals surface area contributed by atoms with Crippen LogP contribution in [-0.2, 0) is 0 Å². The van der Waals surface area contributed by atoms with Crippen molar-refractivity contribution in [2.45, 2.75) is 18.9 Å². The van der Waals surface area contributed by atoms with Crippen LogP contribution in [0.1, 0.15) is 12.8 Å². The molecule has 1 aromatic carbocycles. The van der Waals surface area contributed by atoms with E-state index in [1.54, 1.807) is 12.1 Å². The Hall–Kier alpha value is -1.14. The Morgan fingerprint density at radius 2 is 2.25 bits per heavy atom. The van der Waals surface area contributed by atoms with Crippen LogP contribution in [0.4, 0.5) is 10.1 Å². The summed E-state index contributed by atoms with van der Waals surface area (Å²) in [6, 6.07) is 5.10. The van der Waals surface area contributed by atoms with Gasteiger partial charge in [-0.25, -0.2) is 15.2 Å². The molecule has 0 spiro atoms. The van der Waals surface area contributed by atoms with E-state index in [4.69, 9.17) is 5.84 Å². The molecule has 86 valence electrons. The lowest BCUT2D eigenvalue weighted by Gasteiger charge is -2.09. The van der Waals surface area contributed by atoms with Crippen molar-refractivity contribution in [3.8, 4) is 0 Å². The first-order valence-electron chi connectivity index (χ1n) is 4.95. The van der Waals surface area contributed by atoms with Gasteiger partial charge in [0.05, 0.1) is 10.5 Å². The Morgan fingerprint density at radius 3 is 2.81 bits per heavy atom. The molecule has 4 nitrogen and oxygen atoms in total. The molecule has 4 N–H and O–H groups in total. The lowest BCUT2D eigenvalue weighted by Crippen LogP contribution is -2.36. The molecule has 1 aliphatic rings. The van der Waals surface area contributed by atoms with Crippen molar-refractivity contribution >= 4 is 27.6 Å². The first-order valence-corrected chi connectivity index (χ1v) is 5.75. The average Bonchev–Trinajstić information content (AvgIpc) is 3.06. The molecule has 1 aliphatic carbocycles. The summed E-state index contributed by atoms with van der Waals surface area (Å²) < 4.78 is 13.7. The molecule has 1 saturated carbocycles. The highest BCUT2D eigenvalue weighted by atomic mass is 79.9. The van der Waals surface area contributed by atoms with Gasteiger partial charge in [-0.1, -0.05) is 0 Å². The van der Waals surface area contributed by atoms with Gasteiger partial charge in [0.2, 0.25) is 5.96 Å². The Kier molecular flexibility index (Phi) is 3.40. The predicted octanol–water partition coefficient (Wildman–Crippen LogP) is 1.98. The number of nitrogens with zero attached hydrogens (tertiary/aromatic N) is 1. The monoisotopic (exact) mass is 286 g/mol. The zero-order chi connectivity index (χ0) is 11.5. The highest BCUT2D eigenvalue weighted by Crippen LogP contribution is 2.24. The second-order valence-corrected chi connectivity index (χ2v) is 4.46. The summed E-state index contributed by atoms with van der Waals surface area (Å²) in [5.41, 5.74) is 3.07. The number of hydrazine groups is 1. The maximum Gasteiger partial charge on any atom is 0.210 e. The molecule has 0 saturated heterocycles. The molecule has 2 rings (SSSR count). The van der Waals surface area contributed by atoms with E-state index < -0.39 is 0 Å². The number of benzene rings is 1. The van der Waals surface area contributed by atoms with Crippen molar-refractivity contribution in [2.24, 2.45) is 10.8 Å². The van der Waals surface area contributed by atoms with Crippen LogP contribution < -0.4 is 16.6 Å². The summed E-state index contributed by atoms with van der Waals surface area (Å²) in [6.45, 7) is 0. The Balaban J connectivity index is 2.09. The van der Waals surface area contributed by atoms with Crippen molar-refractivity contribution in [3.63, 3.8) is 0 Å². The van der Waals surface area contributed by atoms with Crippen molar-refractivity contribution in [1.29, 1.82) is 0 Å². The van der Waals surface area contributed by atoms with E-state index in [2.05, 4.69) is 31.7 Å². The van der Waals surface area contributed by atoms with E-state index in [0.717, 1.165) is 12.8 Å². The fraction of sp³-hybridized carbons (Fsp3) is 0.300. The highest BCUT2D eigenvalue weighted by molar-refractivity contribution is 9.10. The second kappa shape index (κ2) is 4.80. The SMILES string of the molecule is NNC(=NC1CC1)Nc1ccc(Br)c(F)c1. The second-order valence-electron chi connectivity index (χ2n) is 3.61. The first kappa shape index (κ1) is 11.3. The van der Waals surface area contributed by atoms with Crippen LogP contribution in [0.15, 0.2) is 27.7 Å². The lowest BCUT2D eigenvalue weighted by molar-refractivity contribution is 0.622. The number of guanidine groups is 1. The third-order valence-electron chi connectivity index (χ3n) is 2.18. The normalized spacial score (nSPS) is 16.1. The van der Waals surface area contributed by atoms with Crippen LogP contribution in [0.25, 0.3) is 0 Å². The van der Waals surface area contributed by atoms with Crippen molar-refractivity contribution in [3.05, 3.63) is 28.5 Å². The number of nitrogens with two attached hydrogens (primary N) is 1. The van der Waals surface area contributed by atoms with Gasteiger partial charge in [-0.15, -0.1) is 0 Å². The van der Waals surface area contributed by atoms with Gasteiger partial charge >= 0.3 is 0 Å². The number of rotatable bonds is 2. The number of aliphatic imine (C=N–C) groups is 1. The van der Waals surface area contributed by atoms with E-state index >= 15 is 0 Å². The minimum atomic E-state index is -0.326. The number of hydrogen-bond acceptors (Lipinski definition) is 2. The lowest BCUT2D eigenvalue weighted by atomic mass is 10.3. The van der Waals surface area contributed by atoms with Gasteiger partial charge in [0.25, 0.3) is 0 Å². The van der Waals surface area contributed by atoms with Crippen molar-refractivity contribution in [1.82, 2.24) is 5.43 Å². The van der Waals surface area contributed by atoms with Gasteiger partial charge in [-0.05, 0) is 47.0 Å². The predicted molar refractivity (Wildman–Crippen MR) is 65.5 cm³/mol. The maximum absolute atomic E-state index is 13.2. The molecule has 16 heavy (non-hydrogen) atoms. The summed E-state index contributed by atoms with van der Waals surface area (Å²) in [5, 5.41) is 2.92. The van der Waals surface area contributed by atoms with Crippen molar-refractivity contribution < 1.29 is 4.39 Å². The maximum atomic E-state index is 13.2. The molecule has 6 heteroatoms. The van der Waals surface area contributed by atoms with E-state index in [0.29, 0.717) is 22.2 Å². The molecule has 1 aromatic rings. The summed E-state index contributed by atoms with van der Waals surface area (Å²) in [7, 11) is 0. The number of anilines is 1. The number of nitrogens with one attached hydrogen (secondary N) is 2. The Labute approximate surface area is 101 Å². The molecule has 0 amide bonds. The zero-order valence-electron chi connectivity index (χ0n) is 8.50. The quantitative estimate of drug-likeness (QED) is 0.337. The minimum Gasteiger partial charge on any atom is -0.325 e. The molecular weight excluding hydrogens is 275 g/mol. The Bertz CT molecular complexity index is 417. The molecule has 0 bridgehead atoms. The van der Waals surface area contributed by atoms with Gasteiger partial charge < -0.3 is 5.32 Å². The van der Waals surface area contributed by atoms with E-state index in [9.17, 15) is 4.39 Å². The molecule has 0 heterocycles. The number of hydrogen-bond donors (Lipinski definition) is 3. The van der Waals surface area contributed by atoms with Gasteiger partial charge in [0.1, 0.15) is 5.82 Å². The van der Waals surface area contributed by atoms with Gasteiger partial charge in [0.15, 0.2) is 0 Å². The van der Waals surface area contributed by atoms with Crippen LogP contribution in [-0.4, -0.2) is 12.0 Å². The van der Waals surface area contributed by atoms with Crippen LogP contribution in [0.5, 0.6) is 0 Å². The summed E-state index contributed by atoms with van der Waals surface area (Å²) in [5.74, 6) is 5.45. The molecule has 1 fully saturated rings. The first-order chi connectivity index (χ1) is 7.69. The van der Waals surface area contributed by atoms with Crippen molar-refractivity contribution in [2.75, 3.05) is 5.32 Å². The summed E-state index contributed by atoms with van der Waals surface area (Å²) in [6.07, 6.45) is 2.17. The summed E-state index contributed by atoms with van der Waals surface area (Å²) in [4.78, 5) is 4.29. The Morgan fingerprint density at radius 1 is 1.50 bits per heavy atom. The molecule has 0 atom stereocenters. The number of halogens is 2. The third kappa shape index (κ3) is 2.93.